The van der Waals surface area contributed by atoms with E-state index >= 15 is 0 Å². The van der Waals surface area contributed by atoms with Gasteiger partial charge in [-0.15, -0.1) is 0 Å². The van der Waals surface area contributed by atoms with Crippen LogP contribution in [0.25, 0.3) is 0 Å². The highest BCUT2D eigenvalue weighted by Crippen LogP contribution is 2.54. The lowest BCUT2D eigenvalue weighted by Crippen LogP contribution is -2.07. The van der Waals surface area contributed by atoms with Gasteiger partial charge in [-0.25, -0.2) is 9.18 Å². The van der Waals surface area contributed by atoms with Gasteiger partial charge >= 0.3 is 0 Å². The molecule has 1 aliphatic carbocycles. The Morgan fingerprint density at radius 3 is 2.53 bits per heavy atom. The zero-order valence-corrected chi connectivity index (χ0v) is 9.62. The average Bonchev–Trinajstić information content (AvgIpc) is 3.09. The van der Waals surface area contributed by atoms with Crippen molar-refractivity contribution in [1.29, 1.82) is 0 Å². The van der Waals surface area contributed by atoms with Crippen LogP contribution in [0.3, 0.4) is 0 Å². The SMILES string of the molecule is COc1cc(F)cc(C2(N=C=O)CC2)c1OC. The molecule has 1 fully saturated rings. The van der Waals surface area contributed by atoms with Gasteiger partial charge in [0.15, 0.2) is 11.5 Å². The number of benzene rings is 1. The third-order valence-electron chi connectivity index (χ3n) is 2.93. The van der Waals surface area contributed by atoms with E-state index in [2.05, 4.69) is 4.99 Å². The van der Waals surface area contributed by atoms with Crippen molar-refractivity contribution in [2.75, 3.05) is 14.2 Å². The molecule has 2 rings (SSSR count). The molecule has 4 nitrogen and oxygen atoms in total. The lowest BCUT2D eigenvalue weighted by molar-refractivity contribution is 0.346. The number of rotatable bonds is 4. The average molecular weight is 237 g/mol. The highest BCUT2D eigenvalue weighted by atomic mass is 19.1. The van der Waals surface area contributed by atoms with Crippen molar-refractivity contribution in [2.45, 2.75) is 18.4 Å². The maximum Gasteiger partial charge on any atom is 0.235 e. The van der Waals surface area contributed by atoms with Crippen LogP contribution in [-0.4, -0.2) is 20.3 Å². The van der Waals surface area contributed by atoms with Crippen molar-refractivity contribution in [1.82, 2.24) is 0 Å². The fourth-order valence-electron chi connectivity index (χ4n) is 1.92. The minimum atomic E-state index is -0.678. The van der Waals surface area contributed by atoms with Crippen LogP contribution in [0.1, 0.15) is 18.4 Å². The minimum absolute atomic E-state index is 0.301. The summed E-state index contributed by atoms with van der Waals surface area (Å²) in [6.07, 6.45) is 2.90. The summed E-state index contributed by atoms with van der Waals surface area (Å²) in [6, 6.07) is 2.57. The van der Waals surface area contributed by atoms with Gasteiger partial charge in [-0.3, -0.25) is 0 Å². The largest absolute Gasteiger partial charge is 0.493 e. The minimum Gasteiger partial charge on any atom is -0.493 e. The zero-order chi connectivity index (χ0) is 12.5. The maximum atomic E-state index is 13.5. The summed E-state index contributed by atoms with van der Waals surface area (Å²) in [5, 5.41) is 0. The molecule has 0 spiro atoms. The first-order chi connectivity index (χ1) is 8.16. The second-order valence-electron chi connectivity index (χ2n) is 3.92. The van der Waals surface area contributed by atoms with Crippen LogP contribution in [0.5, 0.6) is 11.5 Å². The van der Waals surface area contributed by atoms with Crippen molar-refractivity contribution in [3.8, 4) is 11.5 Å². The molecule has 1 saturated carbocycles. The highest BCUT2D eigenvalue weighted by Gasteiger charge is 2.47. The number of ether oxygens (including phenoxy) is 2. The van der Waals surface area contributed by atoms with Gasteiger partial charge in [0, 0.05) is 11.6 Å². The Hall–Kier alpha value is -1.87. The van der Waals surface area contributed by atoms with E-state index in [1.807, 2.05) is 0 Å². The number of halogens is 1. The molecule has 0 unspecified atom stereocenters. The van der Waals surface area contributed by atoms with Crippen LogP contribution in [0.4, 0.5) is 4.39 Å². The molecule has 0 N–H and O–H groups in total. The third-order valence-corrected chi connectivity index (χ3v) is 2.93. The highest BCUT2D eigenvalue weighted by molar-refractivity contribution is 5.54. The molecule has 1 aromatic carbocycles. The topological polar surface area (TPSA) is 47.9 Å². The third kappa shape index (κ3) is 1.89. The molecule has 5 heteroatoms. The molecule has 0 saturated heterocycles. The van der Waals surface area contributed by atoms with Gasteiger partial charge in [-0.05, 0) is 18.9 Å². The fourth-order valence-corrected chi connectivity index (χ4v) is 1.92. The van der Waals surface area contributed by atoms with Gasteiger partial charge in [-0.1, -0.05) is 0 Å². The standard InChI is InChI=1S/C12H12FNO3/c1-16-10-6-8(13)5-9(11(10)17-2)12(3-4-12)14-7-15/h5-6H,3-4H2,1-2H3. The van der Waals surface area contributed by atoms with E-state index in [9.17, 15) is 9.18 Å². The Bertz CT molecular complexity index is 491. The molecule has 0 aromatic heterocycles. The van der Waals surface area contributed by atoms with Crippen molar-refractivity contribution < 1.29 is 18.7 Å². The number of nitrogens with zero attached hydrogens (tertiary/aromatic N) is 1. The van der Waals surface area contributed by atoms with E-state index < -0.39 is 11.4 Å². The number of hydrogen-bond donors (Lipinski definition) is 0. The summed E-state index contributed by atoms with van der Waals surface area (Å²) >= 11 is 0. The molecule has 0 aliphatic heterocycles. The second kappa shape index (κ2) is 4.18. The molecule has 17 heavy (non-hydrogen) atoms. The summed E-state index contributed by atoms with van der Waals surface area (Å²) in [4.78, 5) is 14.2. The molecule has 0 amide bonds. The summed E-state index contributed by atoms with van der Waals surface area (Å²) in [5.41, 5.74) is -0.136. The van der Waals surface area contributed by atoms with Gasteiger partial charge in [0.05, 0.1) is 14.2 Å². The van der Waals surface area contributed by atoms with Crippen LogP contribution in [0, 0.1) is 5.82 Å². The molecular formula is C12H12FNO3. The Morgan fingerprint density at radius 2 is 2.06 bits per heavy atom. The van der Waals surface area contributed by atoms with Crippen LogP contribution in [0.2, 0.25) is 0 Å². The molecular weight excluding hydrogens is 225 g/mol. The number of hydrogen-bond acceptors (Lipinski definition) is 4. The predicted octanol–water partition coefficient (Wildman–Crippen LogP) is 2.17. The molecule has 0 bridgehead atoms. The summed E-state index contributed by atoms with van der Waals surface area (Å²) in [7, 11) is 2.91. The number of isocyanates is 1. The first-order valence-electron chi connectivity index (χ1n) is 5.18. The van der Waals surface area contributed by atoms with Gasteiger partial charge in [0.2, 0.25) is 6.08 Å². The van der Waals surface area contributed by atoms with E-state index in [1.54, 1.807) is 0 Å². The Balaban J connectivity index is 2.60. The number of aliphatic imine (C=N–C) groups is 1. The molecule has 90 valence electrons. The monoisotopic (exact) mass is 237 g/mol. The van der Waals surface area contributed by atoms with E-state index in [0.29, 0.717) is 29.9 Å². The fraction of sp³-hybridized carbons (Fsp3) is 0.417. The summed E-state index contributed by atoms with van der Waals surface area (Å²) < 4.78 is 23.7. The second-order valence-corrected chi connectivity index (χ2v) is 3.92. The predicted molar refractivity (Wildman–Crippen MR) is 58.5 cm³/mol. The van der Waals surface area contributed by atoms with Crippen molar-refractivity contribution in [2.24, 2.45) is 4.99 Å². The zero-order valence-electron chi connectivity index (χ0n) is 9.62. The molecule has 1 aromatic rings. The van der Waals surface area contributed by atoms with Crippen molar-refractivity contribution in [3.63, 3.8) is 0 Å². The molecule has 1 aliphatic rings. The van der Waals surface area contributed by atoms with E-state index in [4.69, 9.17) is 9.47 Å². The lowest BCUT2D eigenvalue weighted by atomic mass is 10.0. The number of methoxy groups -OCH3 is 2. The van der Waals surface area contributed by atoms with Crippen molar-refractivity contribution >= 4 is 6.08 Å². The maximum absolute atomic E-state index is 13.5. The van der Waals surface area contributed by atoms with E-state index in [0.717, 1.165) is 0 Å². The molecule has 0 atom stereocenters. The summed E-state index contributed by atoms with van der Waals surface area (Å²) in [5.74, 6) is 0.283. The first-order valence-corrected chi connectivity index (χ1v) is 5.18. The normalized spacial score (nSPS) is 15.9. The lowest BCUT2D eigenvalue weighted by Gasteiger charge is -2.16. The number of carbonyl (C=O) groups excluding carboxylic acids is 1. The van der Waals surface area contributed by atoms with Crippen LogP contribution in [0.15, 0.2) is 17.1 Å². The van der Waals surface area contributed by atoms with Crippen LogP contribution in [-0.2, 0) is 10.3 Å². The Kier molecular flexibility index (Phi) is 2.86. The van der Waals surface area contributed by atoms with Gasteiger partial charge in [0.25, 0.3) is 0 Å². The molecule has 0 heterocycles. The van der Waals surface area contributed by atoms with Crippen molar-refractivity contribution in [3.05, 3.63) is 23.5 Å². The Morgan fingerprint density at radius 1 is 1.35 bits per heavy atom. The van der Waals surface area contributed by atoms with E-state index in [1.165, 1.54) is 32.4 Å². The first kappa shape index (κ1) is 11.6. The van der Waals surface area contributed by atoms with E-state index in [-0.39, 0.29) is 0 Å². The Labute approximate surface area is 98.1 Å². The smallest absolute Gasteiger partial charge is 0.235 e. The summed E-state index contributed by atoms with van der Waals surface area (Å²) in [6.45, 7) is 0. The van der Waals surface area contributed by atoms with Crippen LogP contribution < -0.4 is 9.47 Å². The van der Waals surface area contributed by atoms with Crippen LogP contribution >= 0.6 is 0 Å². The van der Waals surface area contributed by atoms with Gasteiger partial charge < -0.3 is 9.47 Å². The quantitative estimate of drug-likeness (QED) is 0.595. The molecule has 0 radical (unpaired) electrons. The van der Waals surface area contributed by atoms with Gasteiger partial charge in [-0.2, -0.15) is 4.99 Å². The van der Waals surface area contributed by atoms with Gasteiger partial charge in [0.1, 0.15) is 11.4 Å².